The summed E-state index contributed by atoms with van der Waals surface area (Å²) >= 11 is 5.86. The molecule has 0 unspecified atom stereocenters. The van der Waals surface area contributed by atoms with E-state index in [0.717, 1.165) is 5.56 Å². The number of rotatable bonds is 8. The van der Waals surface area contributed by atoms with Crippen LogP contribution in [0.5, 0.6) is 0 Å². The molecule has 3 nitrogen and oxygen atoms in total. The van der Waals surface area contributed by atoms with Crippen molar-refractivity contribution in [1.29, 1.82) is 0 Å². The molecule has 0 aliphatic carbocycles. The summed E-state index contributed by atoms with van der Waals surface area (Å²) in [5.41, 5.74) is 1.74. The second-order valence-corrected chi connectivity index (χ2v) is 6.61. The van der Waals surface area contributed by atoms with Gasteiger partial charge in [0.25, 0.3) is 0 Å². The molecule has 3 rings (SSSR count). The Labute approximate surface area is 157 Å². The minimum atomic E-state index is 0.000523. The van der Waals surface area contributed by atoms with E-state index in [1.165, 1.54) is 0 Å². The maximum absolute atomic E-state index is 12.2. The van der Waals surface area contributed by atoms with E-state index in [1.807, 2.05) is 42.5 Å². The van der Waals surface area contributed by atoms with Crippen molar-refractivity contribution in [3.05, 3.63) is 94.4 Å². The predicted octanol–water partition coefficient (Wildman–Crippen LogP) is 5.10. The summed E-state index contributed by atoms with van der Waals surface area (Å²) in [5, 5.41) is 0.688. The van der Waals surface area contributed by atoms with Crippen LogP contribution in [0.1, 0.15) is 33.9 Å². The molecule has 26 heavy (non-hydrogen) atoms. The molecule has 0 saturated carbocycles. The van der Waals surface area contributed by atoms with Crippen LogP contribution in [0.15, 0.2) is 71.1 Å². The maximum Gasteiger partial charge on any atom is 0.170 e. The van der Waals surface area contributed by atoms with Gasteiger partial charge in [0.2, 0.25) is 0 Å². The summed E-state index contributed by atoms with van der Waals surface area (Å²) in [4.78, 5) is 24.3. The second kappa shape index (κ2) is 8.63. The lowest BCUT2D eigenvalue weighted by Crippen LogP contribution is -2.04. The van der Waals surface area contributed by atoms with Crippen LogP contribution in [0.25, 0.3) is 0 Å². The minimum absolute atomic E-state index is 0.000523. The van der Waals surface area contributed by atoms with E-state index < -0.39 is 0 Å². The molecule has 0 aliphatic rings. The van der Waals surface area contributed by atoms with Crippen LogP contribution >= 0.6 is 11.6 Å². The number of Topliss-reactive ketones (excluding diaryl/α,β-unsaturated/α-hetero) is 2. The molecule has 0 saturated heterocycles. The number of aryl methyl sites for hydroxylation is 1. The van der Waals surface area contributed by atoms with E-state index in [2.05, 4.69) is 0 Å². The average molecular weight is 367 g/mol. The van der Waals surface area contributed by atoms with E-state index in [1.54, 1.807) is 24.3 Å². The van der Waals surface area contributed by atoms with Gasteiger partial charge in [0.1, 0.15) is 17.3 Å². The SMILES string of the molecule is O=C(CCc1ccc(Cl)cc1)Cc1ccc(CC(=O)c2ccccc2)o1. The normalized spacial score (nSPS) is 10.7. The first-order chi connectivity index (χ1) is 12.6. The molecule has 0 aliphatic heterocycles. The number of ketones is 2. The van der Waals surface area contributed by atoms with Crippen molar-refractivity contribution in [1.82, 2.24) is 0 Å². The Kier molecular flexibility index (Phi) is 6.03. The number of carbonyl (C=O) groups is 2. The highest BCUT2D eigenvalue weighted by molar-refractivity contribution is 6.30. The summed E-state index contributed by atoms with van der Waals surface area (Å²) in [6.45, 7) is 0. The van der Waals surface area contributed by atoms with Crippen LogP contribution in [-0.4, -0.2) is 11.6 Å². The number of hydrogen-bond donors (Lipinski definition) is 0. The number of halogens is 1. The number of benzene rings is 2. The molecular weight excluding hydrogens is 348 g/mol. The van der Waals surface area contributed by atoms with E-state index in [4.69, 9.17) is 16.0 Å². The molecule has 132 valence electrons. The van der Waals surface area contributed by atoms with Gasteiger partial charge in [0.05, 0.1) is 12.8 Å². The Hall–Kier alpha value is -2.65. The Balaban J connectivity index is 1.50. The molecule has 1 aromatic heterocycles. The summed E-state index contributed by atoms with van der Waals surface area (Å²) in [7, 11) is 0. The van der Waals surface area contributed by atoms with Crippen molar-refractivity contribution >= 4 is 23.2 Å². The van der Waals surface area contributed by atoms with Gasteiger partial charge >= 0.3 is 0 Å². The van der Waals surface area contributed by atoms with Crippen LogP contribution < -0.4 is 0 Å². The molecule has 0 bridgehead atoms. The first-order valence-electron chi connectivity index (χ1n) is 8.52. The fourth-order valence-corrected chi connectivity index (χ4v) is 2.84. The first-order valence-corrected chi connectivity index (χ1v) is 8.90. The molecule has 0 spiro atoms. The minimum Gasteiger partial charge on any atom is -0.465 e. The van der Waals surface area contributed by atoms with Crippen molar-refractivity contribution in [3.8, 4) is 0 Å². The van der Waals surface area contributed by atoms with Crippen LogP contribution in [0, 0.1) is 0 Å². The average Bonchev–Trinajstić information content (AvgIpc) is 3.08. The molecule has 1 heterocycles. The van der Waals surface area contributed by atoms with Crippen LogP contribution in [0.2, 0.25) is 5.02 Å². The van der Waals surface area contributed by atoms with Crippen LogP contribution in [0.3, 0.4) is 0 Å². The van der Waals surface area contributed by atoms with Gasteiger partial charge in [-0.1, -0.05) is 54.1 Å². The smallest absolute Gasteiger partial charge is 0.170 e. The molecule has 3 aromatic rings. The number of carbonyl (C=O) groups excluding carboxylic acids is 2. The highest BCUT2D eigenvalue weighted by Crippen LogP contribution is 2.15. The molecule has 4 heteroatoms. The van der Waals surface area contributed by atoms with Gasteiger partial charge < -0.3 is 4.42 Å². The summed E-state index contributed by atoms with van der Waals surface area (Å²) in [6.07, 6.45) is 1.56. The predicted molar refractivity (Wildman–Crippen MR) is 102 cm³/mol. The zero-order chi connectivity index (χ0) is 18.4. The third-order valence-corrected chi connectivity index (χ3v) is 4.38. The number of furan rings is 1. The first kappa shape index (κ1) is 18.2. The highest BCUT2D eigenvalue weighted by atomic mass is 35.5. The Morgan fingerprint density at radius 3 is 2.15 bits per heavy atom. The largest absolute Gasteiger partial charge is 0.465 e. The molecule has 0 fully saturated rings. The van der Waals surface area contributed by atoms with E-state index in [0.29, 0.717) is 34.9 Å². The summed E-state index contributed by atoms with van der Waals surface area (Å²) in [5.74, 6) is 1.29. The van der Waals surface area contributed by atoms with E-state index >= 15 is 0 Å². The van der Waals surface area contributed by atoms with Crippen molar-refractivity contribution < 1.29 is 14.0 Å². The Bertz CT molecular complexity index is 879. The lowest BCUT2D eigenvalue weighted by Gasteiger charge is -2.01. The third kappa shape index (κ3) is 5.17. The fraction of sp³-hybridized carbons (Fsp3) is 0.182. The van der Waals surface area contributed by atoms with Crippen molar-refractivity contribution in [3.63, 3.8) is 0 Å². The maximum atomic E-state index is 12.2. The molecule has 0 amide bonds. The standard InChI is InChI=1S/C22H19ClO3/c23-18-9-6-16(7-10-18)8-11-19(24)14-20-12-13-21(26-20)15-22(25)17-4-2-1-3-5-17/h1-7,9-10,12-13H,8,11,14-15H2. The van der Waals surface area contributed by atoms with Gasteiger partial charge in [-0.2, -0.15) is 0 Å². The number of hydrogen-bond acceptors (Lipinski definition) is 3. The quantitative estimate of drug-likeness (QED) is 0.521. The van der Waals surface area contributed by atoms with Gasteiger partial charge in [-0.15, -0.1) is 0 Å². The molecular formula is C22H19ClO3. The van der Waals surface area contributed by atoms with Gasteiger partial charge in [0, 0.05) is 17.0 Å². The Morgan fingerprint density at radius 2 is 1.46 bits per heavy atom. The molecule has 2 aromatic carbocycles. The van der Waals surface area contributed by atoms with Gasteiger partial charge in [-0.05, 0) is 36.2 Å². The monoisotopic (exact) mass is 366 g/mol. The highest BCUT2D eigenvalue weighted by Gasteiger charge is 2.12. The van der Waals surface area contributed by atoms with Gasteiger partial charge in [-0.3, -0.25) is 9.59 Å². The summed E-state index contributed by atoms with van der Waals surface area (Å²) < 4.78 is 5.66. The van der Waals surface area contributed by atoms with Crippen LogP contribution in [-0.2, 0) is 24.1 Å². The van der Waals surface area contributed by atoms with E-state index in [9.17, 15) is 9.59 Å². The molecule has 0 atom stereocenters. The van der Waals surface area contributed by atoms with Gasteiger partial charge in [-0.25, -0.2) is 0 Å². The lowest BCUT2D eigenvalue weighted by molar-refractivity contribution is -0.118. The zero-order valence-electron chi connectivity index (χ0n) is 14.3. The zero-order valence-corrected chi connectivity index (χ0v) is 15.0. The second-order valence-electron chi connectivity index (χ2n) is 6.18. The topological polar surface area (TPSA) is 47.3 Å². The molecule has 0 radical (unpaired) electrons. The summed E-state index contributed by atoms with van der Waals surface area (Å²) in [6, 6.07) is 20.1. The molecule has 0 N–H and O–H groups in total. The van der Waals surface area contributed by atoms with Crippen LogP contribution in [0.4, 0.5) is 0 Å². The van der Waals surface area contributed by atoms with Crippen molar-refractivity contribution in [2.45, 2.75) is 25.7 Å². The third-order valence-electron chi connectivity index (χ3n) is 4.13. The van der Waals surface area contributed by atoms with Crippen molar-refractivity contribution in [2.24, 2.45) is 0 Å². The lowest BCUT2D eigenvalue weighted by atomic mass is 10.1. The van der Waals surface area contributed by atoms with Gasteiger partial charge in [0.15, 0.2) is 5.78 Å². The van der Waals surface area contributed by atoms with Crippen molar-refractivity contribution in [2.75, 3.05) is 0 Å². The Morgan fingerprint density at radius 1 is 0.808 bits per heavy atom. The van der Waals surface area contributed by atoms with E-state index in [-0.39, 0.29) is 24.4 Å². The fourth-order valence-electron chi connectivity index (χ4n) is 2.71.